The first kappa shape index (κ1) is 15.3. The van der Waals surface area contributed by atoms with Gasteiger partial charge in [0.15, 0.2) is 0 Å². The number of amides is 1. The number of carbonyl (C=O) groups is 1. The van der Waals surface area contributed by atoms with Crippen LogP contribution in [0.3, 0.4) is 0 Å². The summed E-state index contributed by atoms with van der Waals surface area (Å²) in [6.07, 6.45) is 5.12. The van der Waals surface area contributed by atoms with E-state index in [1.807, 2.05) is 6.92 Å². The van der Waals surface area contributed by atoms with Gasteiger partial charge in [0.1, 0.15) is 5.82 Å². The van der Waals surface area contributed by atoms with E-state index in [9.17, 15) is 9.18 Å². The summed E-state index contributed by atoms with van der Waals surface area (Å²) in [5, 5.41) is 2.95. The van der Waals surface area contributed by atoms with Crippen LogP contribution in [0.25, 0.3) is 11.1 Å². The molecule has 2 aromatic rings. The van der Waals surface area contributed by atoms with Crippen molar-refractivity contribution in [2.24, 2.45) is 5.73 Å². The number of benzene rings is 1. The lowest BCUT2D eigenvalue weighted by atomic mass is 10.0. The van der Waals surface area contributed by atoms with Crippen LogP contribution in [-0.4, -0.2) is 23.5 Å². The topological polar surface area (TPSA) is 70.9 Å². The van der Waals surface area contributed by atoms with Crippen molar-refractivity contribution in [3.05, 3.63) is 48.0 Å². The summed E-state index contributed by atoms with van der Waals surface area (Å²) in [5.74, 6) is -0.434. The van der Waals surface area contributed by atoms with Crippen molar-refractivity contribution in [1.29, 1.82) is 0 Å². The van der Waals surface area contributed by atoms with Crippen LogP contribution in [0.15, 0.2) is 36.7 Å². The van der Waals surface area contributed by atoms with E-state index >= 15 is 0 Å². The third kappa shape index (κ3) is 3.92. The van der Waals surface area contributed by atoms with Crippen LogP contribution in [0.4, 0.5) is 4.39 Å². The molecule has 21 heavy (non-hydrogen) atoms. The second-order valence-corrected chi connectivity index (χ2v) is 5.09. The van der Waals surface area contributed by atoms with E-state index in [4.69, 9.17) is 5.73 Å². The molecule has 1 aromatic carbocycles. The number of hydrogen-bond acceptors (Lipinski definition) is 2. The molecule has 2 rings (SSSR count). The predicted molar refractivity (Wildman–Crippen MR) is 81.4 cm³/mol. The summed E-state index contributed by atoms with van der Waals surface area (Å²) in [6.45, 7) is 2.57. The third-order valence-corrected chi connectivity index (χ3v) is 3.36. The Morgan fingerprint density at radius 2 is 2.05 bits per heavy atom. The molecule has 4 N–H and O–H groups in total. The smallest absolute Gasteiger partial charge is 0.253 e. The van der Waals surface area contributed by atoms with Gasteiger partial charge in [-0.05, 0) is 44.0 Å². The standard InChI is InChI=1S/C16H20FN3O/c1-11(3-2-8-18)20-16(21)15-10-19-9-14(15)12-4-6-13(17)7-5-12/h4-7,9-11,19H,2-3,8,18H2,1H3,(H,20,21). The first-order valence-electron chi connectivity index (χ1n) is 7.05. The normalized spacial score (nSPS) is 12.1. The minimum atomic E-state index is -0.296. The van der Waals surface area contributed by atoms with Gasteiger partial charge in [-0.25, -0.2) is 4.39 Å². The van der Waals surface area contributed by atoms with E-state index in [1.54, 1.807) is 24.5 Å². The zero-order chi connectivity index (χ0) is 15.2. The molecule has 1 atom stereocenters. The Hall–Kier alpha value is -2.14. The quantitative estimate of drug-likeness (QED) is 0.765. The lowest BCUT2D eigenvalue weighted by molar-refractivity contribution is 0.0939. The summed E-state index contributed by atoms with van der Waals surface area (Å²) < 4.78 is 13.0. The molecule has 0 fully saturated rings. The molecular weight excluding hydrogens is 269 g/mol. The highest BCUT2D eigenvalue weighted by Crippen LogP contribution is 2.23. The number of H-pyrrole nitrogens is 1. The Bertz CT molecular complexity index is 592. The van der Waals surface area contributed by atoms with Gasteiger partial charge in [0.2, 0.25) is 0 Å². The van der Waals surface area contributed by atoms with Crippen molar-refractivity contribution in [1.82, 2.24) is 10.3 Å². The fourth-order valence-electron chi connectivity index (χ4n) is 2.22. The average molecular weight is 289 g/mol. The van der Waals surface area contributed by atoms with Crippen molar-refractivity contribution < 1.29 is 9.18 Å². The number of carbonyl (C=O) groups excluding carboxylic acids is 1. The summed E-state index contributed by atoms with van der Waals surface area (Å²) in [7, 11) is 0. The van der Waals surface area contributed by atoms with E-state index in [2.05, 4.69) is 10.3 Å². The van der Waals surface area contributed by atoms with Crippen LogP contribution in [0, 0.1) is 5.82 Å². The lowest BCUT2D eigenvalue weighted by Crippen LogP contribution is -2.32. The van der Waals surface area contributed by atoms with E-state index in [1.165, 1.54) is 12.1 Å². The summed E-state index contributed by atoms with van der Waals surface area (Å²) >= 11 is 0. The molecule has 0 saturated carbocycles. The Balaban J connectivity index is 2.12. The van der Waals surface area contributed by atoms with Crippen LogP contribution in [-0.2, 0) is 0 Å². The Morgan fingerprint density at radius 3 is 2.71 bits per heavy atom. The van der Waals surface area contributed by atoms with Crippen molar-refractivity contribution >= 4 is 5.91 Å². The summed E-state index contributed by atoms with van der Waals surface area (Å²) in [6, 6.07) is 6.15. The van der Waals surface area contributed by atoms with Gasteiger partial charge in [-0.1, -0.05) is 12.1 Å². The first-order valence-corrected chi connectivity index (χ1v) is 7.05. The molecule has 1 unspecified atom stereocenters. The minimum absolute atomic E-state index is 0.0667. The first-order chi connectivity index (χ1) is 10.1. The lowest BCUT2D eigenvalue weighted by Gasteiger charge is -2.13. The number of nitrogens with one attached hydrogen (secondary N) is 2. The number of hydrogen-bond donors (Lipinski definition) is 3. The molecule has 0 radical (unpaired) electrons. The maximum Gasteiger partial charge on any atom is 0.253 e. The molecule has 0 spiro atoms. The minimum Gasteiger partial charge on any atom is -0.366 e. The van der Waals surface area contributed by atoms with Crippen LogP contribution in [0.1, 0.15) is 30.1 Å². The van der Waals surface area contributed by atoms with Crippen molar-refractivity contribution in [3.8, 4) is 11.1 Å². The molecule has 1 aromatic heterocycles. The zero-order valence-corrected chi connectivity index (χ0v) is 12.0. The summed E-state index contributed by atoms with van der Waals surface area (Å²) in [5.41, 5.74) is 7.59. The fraction of sp³-hybridized carbons (Fsp3) is 0.312. The van der Waals surface area contributed by atoms with Crippen LogP contribution in [0.5, 0.6) is 0 Å². The van der Waals surface area contributed by atoms with Gasteiger partial charge in [-0.2, -0.15) is 0 Å². The van der Waals surface area contributed by atoms with Gasteiger partial charge < -0.3 is 16.0 Å². The van der Waals surface area contributed by atoms with Crippen LogP contribution < -0.4 is 11.1 Å². The molecule has 112 valence electrons. The molecule has 0 saturated heterocycles. The van der Waals surface area contributed by atoms with Gasteiger partial charge in [-0.3, -0.25) is 4.79 Å². The number of halogens is 1. The largest absolute Gasteiger partial charge is 0.366 e. The highest BCUT2D eigenvalue weighted by molar-refractivity contribution is 6.00. The average Bonchev–Trinajstić information content (AvgIpc) is 2.95. The number of nitrogens with two attached hydrogens (primary N) is 1. The maximum absolute atomic E-state index is 13.0. The molecule has 1 heterocycles. The number of aromatic amines is 1. The van der Waals surface area contributed by atoms with Crippen molar-refractivity contribution in [2.45, 2.75) is 25.8 Å². The van der Waals surface area contributed by atoms with E-state index < -0.39 is 0 Å². The molecule has 0 aliphatic heterocycles. The van der Waals surface area contributed by atoms with Crippen LogP contribution >= 0.6 is 0 Å². The van der Waals surface area contributed by atoms with Gasteiger partial charge in [0.05, 0.1) is 5.56 Å². The Morgan fingerprint density at radius 1 is 1.33 bits per heavy atom. The molecule has 0 bridgehead atoms. The molecule has 1 amide bonds. The molecular formula is C16H20FN3O. The third-order valence-electron chi connectivity index (χ3n) is 3.36. The van der Waals surface area contributed by atoms with Crippen LogP contribution in [0.2, 0.25) is 0 Å². The van der Waals surface area contributed by atoms with E-state index in [0.29, 0.717) is 12.1 Å². The van der Waals surface area contributed by atoms with Gasteiger partial charge in [0, 0.05) is 24.0 Å². The monoisotopic (exact) mass is 289 g/mol. The Kier molecular flexibility index (Phi) is 5.11. The second kappa shape index (κ2) is 7.04. The predicted octanol–water partition coefficient (Wildman–Crippen LogP) is 2.68. The molecule has 0 aliphatic rings. The van der Waals surface area contributed by atoms with Gasteiger partial charge in [-0.15, -0.1) is 0 Å². The Labute approximate surface area is 123 Å². The fourth-order valence-corrected chi connectivity index (χ4v) is 2.22. The SMILES string of the molecule is CC(CCCN)NC(=O)c1c[nH]cc1-c1ccc(F)cc1. The number of rotatable bonds is 6. The van der Waals surface area contributed by atoms with E-state index in [-0.39, 0.29) is 17.8 Å². The van der Waals surface area contributed by atoms with E-state index in [0.717, 1.165) is 24.0 Å². The molecule has 0 aliphatic carbocycles. The maximum atomic E-state index is 13.0. The second-order valence-electron chi connectivity index (χ2n) is 5.09. The van der Waals surface area contributed by atoms with Gasteiger partial charge in [0.25, 0.3) is 5.91 Å². The highest BCUT2D eigenvalue weighted by atomic mass is 19.1. The molecule has 4 nitrogen and oxygen atoms in total. The highest BCUT2D eigenvalue weighted by Gasteiger charge is 2.15. The zero-order valence-electron chi connectivity index (χ0n) is 12.0. The number of aromatic nitrogens is 1. The van der Waals surface area contributed by atoms with Crippen molar-refractivity contribution in [3.63, 3.8) is 0 Å². The van der Waals surface area contributed by atoms with Crippen molar-refractivity contribution in [2.75, 3.05) is 6.54 Å². The van der Waals surface area contributed by atoms with Gasteiger partial charge >= 0.3 is 0 Å². The summed E-state index contributed by atoms with van der Waals surface area (Å²) in [4.78, 5) is 15.2. The molecule has 5 heteroatoms.